The second-order valence-electron chi connectivity index (χ2n) is 2.99. The number of alkyl halides is 1. The van der Waals surface area contributed by atoms with Gasteiger partial charge in [0.1, 0.15) is 12.4 Å². The number of phenolic OH excluding ortho intramolecular Hbond substituents is 1. The summed E-state index contributed by atoms with van der Waals surface area (Å²) in [4.78, 5) is 0. The highest BCUT2D eigenvalue weighted by molar-refractivity contribution is 5.59. The number of nitrogens with two attached hydrogens (primary N) is 2. The quantitative estimate of drug-likeness (QED) is 0.478. The van der Waals surface area contributed by atoms with Gasteiger partial charge in [0, 0.05) is 5.56 Å². The van der Waals surface area contributed by atoms with Crippen LogP contribution in [0.2, 0.25) is 0 Å². The van der Waals surface area contributed by atoms with E-state index in [0.29, 0.717) is 5.56 Å². The van der Waals surface area contributed by atoms with Gasteiger partial charge >= 0.3 is 0 Å². The van der Waals surface area contributed by atoms with Crippen molar-refractivity contribution in [2.24, 2.45) is 5.73 Å². The summed E-state index contributed by atoms with van der Waals surface area (Å²) in [7, 11) is 0. The van der Waals surface area contributed by atoms with Crippen LogP contribution in [0.1, 0.15) is 17.2 Å². The monoisotopic (exact) mass is 184 g/mol. The molecule has 0 radical (unpaired) electrons. The molecule has 0 amide bonds. The number of rotatable bonds is 2. The lowest BCUT2D eigenvalue weighted by molar-refractivity contribution is 0.414. The lowest BCUT2D eigenvalue weighted by atomic mass is 10.0. The summed E-state index contributed by atoms with van der Waals surface area (Å²) >= 11 is 0. The van der Waals surface area contributed by atoms with Gasteiger partial charge in [0.2, 0.25) is 0 Å². The Labute approximate surface area is 76.2 Å². The Kier molecular flexibility index (Phi) is 2.72. The average molecular weight is 184 g/mol. The summed E-state index contributed by atoms with van der Waals surface area (Å²) in [6, 6.07) is 2.47. The molecule has 0 aliphatic rings. The molecule has 0 bridgehead atoms. The van der Waals surface area contributed by atoms with E-state index in [4.69, 9.17) is 11.5 Å². The normalized spacial score (nSPS) is 12.8. The maximum Gasteiger partial charge on any atom is 0.143 e. The van der Waals surface area contributed by atoms with E-state index in [9.17, 15) is 9.50 Å². The molecule has 1 aromatic carbocycles. The number of halogens is 1. The molecule has 0 aliphatic carbocycles. The average Bonchev–Trinajstić information content (AvgIpc) is 2.12. The predicted molar refractivity (Wildman–Crippen MR) is 50.2 cm³/mol. The van der Waals surface area contributed by atoms with Gasteiger partial charge in [-0.15, -0.1) is 0 Å². The van der Waals surface area contributed by atoms with E-state index in [0.717, 1.165) is 5.56 Å². The Morgan fingerprint density at radius 1 is 1.54 bits per heavy atom. The number of nitrogen functional groups attached to an aromatic ring is 1. The van der Waals surface area contributed by atoms with Gasteiger partial charge in [0.05, 0.1) is 11.7 Å². The Morgan fingerprint density at radius 2 is 2.15 bits per heavy atom. The van der Waals surface area contributed by atoms with E-state index in [-0.39, 0.29) is 11.4 Å². The van der Waals surface area contributed by atoms with Crippen molar-refractivity contribution in [3.63, 3.8) is 0 Å². The number of anilines is 1. The van der Waals surface area contributed by atoms with Gasteiger partial charge in [-0.1, -0.05) is 6.07 Å². The van der Waals surface area contributed by atoms with Crippen LogP contribution in [0, 0.1) is 6.92 Å². The molecule has 1 aromatic rings. The predicted octanol–water partition coefficient (Wildman–Crippen LogP) is 1.25. The van der Waals surface area contributed by atoms with E-state index in [1.165, 1.54) is 0 Å². The molecule has 0 spiro atoms. The number of phenols is 1. The van der Waals surface area contributed by atoms with Gasteiger partial charge in [-0.25, -0.2) is 4.39 Å². The molecular weight excluding hydrogens is 171 g/mol. The van der Waals surface area contributed by atoms with E-state index >= 15 is 0 Å². The zero-order valence-corrected chi connectivity index (χ0v) is 7.42. The molecule has 0 heterocycles. The summed E-state index contributed by atoms with van der Waals surface area (Å²) in [6.07, 6.45) is 0. The third-order valence-electron chi connectivity index (χ3n) is 2.00. The highest BCUT2D eigenvalue weighted by Crippen LogP contribution is 2.31. The second-order valence-corrected chi connectivity index (χ2v) is 2.99. The van der Waals surface area contributed by atoms with Crippen molar-refractivity contribution in [1.29, 1.82) is 0 Å². The van der Waals surface area contributed by atoms with Crippen LogP contribution in [-0.4, -0.2) is 11.8 Å². The summed E-state index contributed by atoms with van der Waals surface area (Å²) in [6.45, 7) is 1.04. The molecular formula is C9H13FN2O. The minimum absolute atomic E-state index is 0.106. The number of hydrogen-bond donors (Lipinski definition) is 3. The van der Waals surface area contributed by atoms with E-state index in [1.54, 1.807) is 19.1 Å². The van der Waals surface area contributed by atoms with Crippen LogP contribution in [0.25, 0.3) is 0 Å². The first-order valence-corrected chi connectivity index (χ1v) is 3.97. The minimum Gasteiger partial charge on any atom is -0.505 e. The molecule has 0 aromatic heterocycles. The fraction of sp³-hybridized carbons (Fsp3) is 0.333. The molecule has 13 heavy (non-hydrogen) atoms. The van der Waals surface area contributed by atoms with E-state index < -0.39 is 12.7 Å². The van der Waals surface area contributed by atoms with Crippen molar-refractivity contribution in [3.8, 4) is 5.75 Å². The molecule has 0 saturated carbocycles. The van der Waals surface area contributed by atoms with Crippen molar-refractivity contribution in [2.75, 3.05) is 12.4 Å². The summed E-state index contributed by atoms with van der Waals surface area (Å²) in [5, 5.41) is 9.51. The first-order valence-electron chi connectivity index (χ1n) is 3.97. The molecule has 4 heteroatoms. The Morgan fingerprint density at radius 3 is 2.69 bits per heavy atom. The van der Waals surface area contributed by atoms with Crippen LogP contribution in [0.15, 0.2) is 12.1 Å². The molecule has 0 unspecified atom stereocenters. The molecule has 1 atom stereocenters. The van der Waals surface area contributed by atoms with E-state index in [1.807, 2.05) is 0 Å². The number of aryl methyl sites for hydroxylation is 1. The first kappa shape index (κ1) is 9.80. The molecule has 3 nitrogen and oxygen atoms in total. The van der Waals surface area contributed by atoms with Crippen molar-refractivity contribution < 1.29 is 9.50 Å². The number of hydrogen-bond acceptors (Lipinski definition) is 3. The zero-order chi connectivity index (χ0) is 10.0. The topological polar surface area (TPSA) is 72.3 Å². The number of aromatic hydroxyl groups is 1. The highest BCUT2D eigenvalue weighted by Gasteiger charge is 2.15. The second kappa shape index (κ2) is 3.62. The molecule has 5 N–H and O–H groups in total. The maximum atomic E-state index is 12.3. The number of benzene rings is 1. The minimum atomic E-state index is -0.802. The largest absolute Gasteiger partial charge is 0.505 e. The summed E-state index contributed by atoms with van der Waals surface area (Å²) in [5.41, 5.74) is 12.3. The molecule has 72 valence electrons. The van der Waals surface area contributed by atoms with Gasteiger partial charge in [-0.05, 0) is 18.6 Å². The van der Waals surface area contributed by atoms with Gasteiger partial charge in [-0.3, -0.25) is 0 Å². The zero-order valence-electron chi connectivity index (χ0n) is 7.42. The molecule has 0 fully saturated rings. The van der Waals surface area contributed by atoms with Crippen molar-refractivity contribution in [2.45, 2.75) is 13.0 Å². The maximum absolute atomic E-state index is 12.3. The third-order valence-corrected chi connectivity index (χ3v) is 2.00. The fourth-order valence-electron chi connectivity index (χ4n) is 1.27. The summed E-state index contributed by atoms with van der Waals surface area (Å²) in [5.74, 6) is -0.106. The molecule has 0 aliphatic heterocycles. The Bertz CT molecular complexity index is 315. The summed E-state index contributed by atoms with van der Waals surface area (Å²) < 4.78 is 12.3. The molecule has 0 saturated heterocycles. The Balaban J connectivity index is 3.25. The Hall–Kier alpha value is -1.29. The lowest BCUT2D eigenvalue weighted by Gasteiger charge is -2.14. The van der Waals surface area contributed by atoms with Crippen LogP contribution in [0.4, 0.5) is 10.1 Å². The van der Waals surface area contributed by atoms with E-state index in [2.05, 4.69) is 0 Å². The van der Waals surface area contributed by atoms with Crippen LogP contribution in [-0.2, 0) is 0 Å². The molecule has 1 rings (SSSR count). The van der Waals surface area contributed by atoms with Gasteiger partial charge in [0.25, 0.3) is 0 Å². The van der Waals surface area contributed by atoms with Crippen LogP contribution >= 0.6 is 0 Å². The van der Waals surface area contributed by atoms with Crippen LogP contribution in [0.5, 0.6) is 5.75 Å². The first-order chi connectivity index (χ1) is 6.07. The van der Waals surface area contributed by atoms with Gasteiger partial charge < -0.3 is 16.6 Å². The van der Waals surface area contributed by atoms with Gasteiger partial charge in [-0.2, -0.15) is 0 Å². The van der Waals surface area contributed by atoms with Crippen LogP contribution < -0.4 is 11.5 Å². The van der Waals surface area contributed by atoms with Crippen molar-refractivity contribution in [1.82, 2.24) is 0 Å². The van der Waals surface area contributed by atoms with Gasteiger partial charge in [0.15, 0.2) is 0 Å². The fourth-order valence-corrected chi connectivity index (χ4v) is 1.27. The lowest BCUT2D eigenvalue weighted by Crippen LogP contribution is -2.14. The standard InChI is InChI=1S/C9H13FN2O/c1-5-2-3-6(11)9(13)8(5)7(12)4-10/h2-3,7,13H,4,11-12H2,1H3/t7-/m1/s1. The highest BCUT2D eigenvalue weighted by atomic mass is 19.1. The SMILES string of the molecule is Cc1ccc(N)c(O)c1[C@H](N)CF. The third kappa shape index (κ3) is 1.72. The van der Waals surface area contributed by atoms with Crippen molar-refractivity contribution >= 4 is 5.69 Å². The smallest absolute Gasteiger partial charge is 0.143 e. The van der Waals surface area contributed by atoms with Crippen molar-refractivity contribution in [3.05, 3.63) is 23.3 Å². The van der Waals surface area contributed by atoms with Crippen LogP contribution in [0.3, 0.4) is 0 Å².